The molecule has 21 heavy (non-hydrogen) atoms. The predicted octanol–water partition coefficient (Wildman–Crippen LogP) is 3.55. The first kappa shape index (κ1) is 14.1. The maximum Gasteiger partial charge on any atom is 0.240 e. The fraction of sp³-hybridized carbons (Fsp3) is 0.133. The SMILES string of the molecule is CCS(=O)(=O)n1c(-c2ccc(Cl)cc2)nc2ccccc21. The zero-order chi connectivity index (χ0) is 15.0. The Morgan fingerprint density at radius 1 is 1.10 bits per heavy atom. The third kappa shape index (κ3) is 2.43. The maximum absolute atomic E-state index is 12.4. The summed E-state index contributed by atoms with van der Waals surface area (Å²) in [5.74, 6) is 0.420. The van der Waals surface area contributed by atoms with Crippen LogP contribution in [0.15, 0.2) is 48.5 Å². The number of imidazole rings is 1. The Labute approximate surface area is 128 Å². The van der Waals surface area contributed by atoms with Crippen LogP contribution in [-0.4, -0.2) is 23.1 Å². The van der Waals surface area contributed by atoms with Crippen molar-refractivity contribution in [3.05, 3.63) is 53.6 Å². The molecule has 0 spiro atoms. The summed E-state index contributed by atoms with van der Waals surface area (Å²) in [5.41, 5.74) is 1.96. The molecule has 0 amide bonds. The van der Waals surface area contributed by atoms with Crippen molar-refractivity contribution in [2.24, 2.45) is 0 Å². The molecule has 0 aliphatic rings. The lowest BCUT2D eigenvalue weighted by atomic mass is 10.2. The van der Waals surface area contributed by atoms with E-state index in [2.05, 4.69) is 4.98 Å². The molecule has 1 heterocycles. The highest BCUT2D eigenvalue weighted by Crippen LogP contribution is 2.27. The molecule has 0 radical (unpaired) electrons. The van der Waals surface area contributed by atoms with E-state index >= 15 is 0 Å². The fourth-order valence-electron chi connectivity index (χ4n) is 2.20. The smallest absolute Gasteiger partial charge is 0.227 e. The fourth-order valence-corrected chi connectivity index (χ4v) is 3.44. The number of nitrogens with zero attached hydrogens (tertiary/aromatic N) is 2. The highest BCUT2D eigenvalue weighted by molar-refractivity contribution is 7.90. The Morgan fingerprint density at radius 3 is 2.43 bits per heavy atom. The molecule has 0 N–H and O–H groups in total. The van der Waals surface area contributed by atoms with E-state index in [1.54, 1.807) is 49.4 Å². The van der Waals surface area contributed by atoms with Crippen molar-refractivity contribution in [3.8, 4) is 11.4 Å². The van der Waals surface area contributed by atoms with Crippen molar-refractivity contribution >= 4 is 32.7 Å². The van der Waals surface area contributed by atoms with Gasteiger partial charge in [-0.15, -0.1) is 0 Å². The molecule has 3 aromatic rings. The molecular weight excluding hydrogens is 308 g/mol. The summed E-state index contributed by atoms with van der Waals surface area (Å²) in [7, 11) is -3.45. The van der Waals surface area contributed by atoms with Crippen molar-refractivity contribution in [2.45, 2.75) is 6.92 Å². The number of fused-ring (bicyclic) bond motifs is 1. The molecule has 1 aromatic heterocycles. The van der Waals surface area contributed by atoms with E-state index in [1.807, 2.05) is 6.07 Å². The molecule has 0 aliphatic heterocycles. The van der Waals surface area contributed by atoms with Crippen molar-refractivity contribution in [1.29, 1.82) is 0 Å². The van der Waals surface area contributed by atoms with Crippen LogP contribution < -0.4 is 0 Å². The van der Waals surface area contributed by atoms with Crippen LogP contribution in [0.1, 0.15) is 6.92 Å². The lowest BCUT2D eigenvalue weighted by Crippen LogP contribution is -2.15. The second kappa shape index (κ2) is 5.16. The topological polar surface area (TPSA) is 52.0 Å². The maximum atomic E-state index is 12.4. The molecule has 0 saturated heterocycles. The zero-order valence-corrected chi connectivity index (χ0v) is 12.9. The Kier molecular flexibility index (Phi) is 3.47. The minimum absolute atomic E-state index is 0.00788. The Balaban J connectivity index is 2.37. The molecule has 6 heteroatoms. The van der Waals surface area contributed by atoms with Gasteiger partial charge in [-0.3, -0.25) is 0 Å². The van der Waals surface area contributed by atoms with E-state index in [0.717, 1.165) is 0 Å². The molecule has 0 unspecified atom stereocenters. The van der Waals surface area contributed by atoms with Gasteiger partial charge in [0.05, 0.1) is 16.8 Å². The van der Waals surface area contributed by atoms with Gasteiger partial charge in [-0.2, -0.15) is 0 Å². The lowest BCUT2D eigenvalue weighted by Gasteiger charge is -2.08. The van der Waals surface area contributed by atoms with Crippen LogP contribution in [0.25, 0.3) is 22.4 Å². The van der Waals surface area contributed by atoms with Gasteiger partial charge < -0.3 is 0 Å². The number of aromatic nitrogens is 2. The van der Waals surface area contributed by atoms with E-state index < -0.39 is 10.0 Å². The van der Waals surface area contributed by atoms with Gasteiger partial charge in [-0.05, 0) is 43.3 Å². The summed E-state index contributed by atoms with van der Waals surface area (Å²) >= 11 is 5.89. The summed E-state index contributed by atoms with van der Waals surface area (Å²) < 4.78 is 26.2. The van der Waals surface area contributed by atoms with Crippen LogP contribution in [-0.2, 0) is 10.0 Å². The highest BCUT2D eigenvalue weighted by Gasteiger charge is 2.21. The molecule has 4 nitrogen and oxygen atoms in total. The van der Waals surface area contributed by atoms with Gasteiger partial charge >= 0.3 is 0 Å². The Bertz CT molecular complexity index is 899. The van der Waals surface area contributed by atoms with Crippen molar-refractivity contribution in [1.82, 2.24) is 8.96 Å². The predicted molar refractivity (Wildman–Crippen MR) is 85.0 cm³/mol. The third-order valence-corrected chi connectivity index (χ3v) is 5.17. The van der Waals surface area contributed by atoms with E-state index in [4.69, 9.17) is 11.6 Å². The van der Waals surface area contributed by atoms with Gasteiger partial charge in [0, 0.05) is 10.6 Å². The molecule has 3 rings (SSSR count). The minimum Gasteiger partial charge on any atom is -0.227 e. The van der Waals surface area contributed by atoms with Crippen molar-refractivity contribution in [2.75, 3.05) is 5.75 Å². The van der Waals surface area contributed by atoms with Gasteiger partial charge in [0.15, 0.2) is 5.82 Å². The monoisotopic (exact) mass is 320 g/mol. The lowest BCUT2D eigenvalue weighted by molar-refractivity contribution is 0.590. The molecule has 0 atom stereocenters. The average Bonchev–Trinajstić information content (AvgIpc) is 2.88. The first-order valence-corrected chi connectivity index (χ1v) is 8.48. The van der Waals surface area contributed by atoms with Crippen LogP contribution in [0, 0.1) is 0 Å². The first-order valence-electron chi connectivity index (χ1n) is 6.49. The number of hydrogen-bond acceptors (Lipinski definition) is 3. The Morgan fingerprint density at radius 2 is 1.76 bits per heavy atom. The number of hydrogen-bond donors (Lipinski definition) is 0. The second-order valence-corrected chi connectivity index (χ2v) is 7.14. The largest absolute Gasteiger partial charge is 0.240 e. The molecular formula is C15H13ClN2O2S. The third-order valence-electron chi connectivity index (χ3n) is 3.26. The van der Waals surface area contributed by atoms with Crippen LogP contribution in [0.2, 0.25) is 5.02 Å². The van der Waals surface area contributed by atoms with E-state index in [9.17, 15) is 8.42 Å². The second-order valence-electron chi connectivity index (χ2n) is 4.60. The van der Waals surface area contributed by atoms with Gasteiger partial charge in [0.1, 0.15) is 0 Å². The van der Waals surface area contributed by atoms with Crippen LogP contribution in [0.5, 0.6) is 0 Å². The highest BCUT2D eigenvalue weighted by atomic mass is 35.5. The molecule has 108 valence electrons. The summed E-state index contributed by atoms with van der Waals surface area (Å²) in [4.78, 5) is 4.47. The van der Waals surface area contributed by atoms with Gasteiger partial charge in [0.2, 0.25) is 10.0 Å². The van der Waals surface area contributed by atoms with E-state index in [0.29, 0.717) is 27.4 Å². The van der Waals surface area contributed by atoms with Crippen LogP contribution in [0.3, 0.4) is 0 Å². The summed E-state index contributed by atoms with van der Waals surface area (Å²) in [6.45, 7) is 1.62. The Hall–Kier alpha value is -1.85. The van der Waals surface area contributed by atoms with Crippen LogP contribution in [0.4, 0.5) is 0 Å². The zero-order valence-electron chi connectivity index (χ0n) is 11.3. The minimum atomic E-state index is -3.45. The molecule has 0 fully saturated rings. The average molecular weight is 321 g/mol. The number of benzene rings is 2. The van der Waals surface area contributed by atoms with Crippen LogP contribution >= 0.6 is 11.6 Å². The summed E-state index contributed by atoms with van der Waals surface area (Å²) in [5, 5.41) is 0.597. The van der Waals surface area contributed by atoms with Gasteiger partial charge in [0.25, 0.3) is 0 Å². The molecule has 0 bridgehead atoms. The van der Waals surface area contributed by atoms with Crippen molar-refractivity contribution in [3.63, 3.8) is 0 Å². The quantitative estimate of drug-likeness (QED) is 0.741. The molecule has 0 aliphatic carbocycles. The van der Waals surface area contributed by atoms with Gasteiger partial charge in [-0.25, -0.2) is 17.4 Å². The normalized spacial score (nSPS) is 11.9. The summed E-state index contributed by atoms with van der Waals surface area (Å²) in [6, 6.07) is 14.2. The van der Waals surface area contributed by atoms with Crippen molar-refractivity contribution < 1.29 is 8.42 Å². The van der Waals surface area contributed by atoms with E-state index in [-0.39, 0.29) is 5.75 Å². The van der Waals surface area contributed by atoms with Gasteiger partial charge in [-0.1, -0.05) is 23.7 Å². The number of halogens is 1. The number of para-hydroxylation sites is 2. The van der Waals surface area contributed by atoms with E-state index in [1.165, 1.54) is 3.97 Å². The first-order chi connectivity index (χ1) is 10.0. The number of rotatable bonds is 3. The standard InChI is InChI=1S/C15H13ClN2O2S/c1-2-21(19,20)18-14-6-4-3-5-13(14)17-15(18)11-7-9-12(16)10-8-11/h3-10H,2H2,1H3. The molecule has 0 saturated carbocycles. The summed E-state index contributed by atoms with van der Waals surface area (Å²) in [6.07, 6.45) is 0. The molecule has 2 aromatic carbocycles.